The van der Waals surface area contributed by atoms with Crippen LogP contribution in [0.4, 0.5) is 0 Å². The molecule has 0 aromatic heterocycles. The van der Waals surface area contributed by atoms with E-state index < -0.39 is 11.9 Å². The van der Waals surface area contributed by atoms with Gasteiger partial charge in [0.05, 0.1) is 20.1 Å². The SMILES string of the molecule is COc1ccc(C(CN)C(=O)O)c(OC)c1C(C)C. The number of hydrogen-bond donors (Lipinski definition) is 2. The summed E-state index contributed by atoms with van der Waals surface area (Å²) in [5.41, 5.74) is 7.01. The number of aliphatic carboxylic acids is 1. The quantitative estimate of drug-likeness (QED) is 0.823. The Morgan fingerprint density at radius 3 is 2.32 bits per heavy atom. The van der Waals surface area contributed by atoms with Gasteiger partial charge in [-0.15, -0.1) is 0 Å². The van der Waals surface area contributed by atoms with Gasteiger partial charge in [0.15, 0.2) is 0 Å². The zero-order valence-electron chi connectivity index (χ0n) is 11.8. The van der Waals surface area contributed by atoms with Crippen molar-refractivity contribution < 1.29 is 19.4 Å². The number of rotatable bonds is 6. The number of carbonyl (C=O) groups is 1. The Balaban J connectivity index is 3.50. The van der Waals surface area contributed by atoms with Crippen LogP contribution in [0.5, 0.6) is 11.5 Å². The molecule has 1 unspecified atom stereocenters. The second kappa shape index (κ2) is 6.43. The molecule has 0 spiro atoms. The molecule has 0 heterocycles. The molecule has 0 aliphatic heterocycles. The van der Waals surface area contributed by atoms with Crippen molar-refractivity contribution in [1.82, 2.24) is 0 Å². The van der Waals surface area contributed by atoms with Crippen LogP contribution >= 0.6 is 0 Å². The summed E-state index contributed by atoms with van der Waals surface area (Å²) in [5.74, 6) is -0.347. The Labute approximate surface area is 113 Å². The van der Waals surface area contributed by atoms with Crippen molar-refractivity contribution >= 4 is 5.97 Å². The number of carboxylic acids is 1. The van der Waals surface area contributed by atoms with Gasteiger partial charge in [-0.2, -0.15) is 0 Å². The molecule has 0 aliphatic rings. The second-order valence-corrected chi connectivity index (χ2v) is 4.59. The molecule has 0 aliphatic carbocycles. The zero-order chi connectivity index (χ0) is 14.6. The van der Waals surface area contributed by atoms with Crippen LogP contribution in [-0.2, 0) is 4.79 Å². The van der Waals surface area contributed by atoms with Crippen molar-refractivity contribution in [2.45, 2.75) is 25.7 Å². The second-order valence-electron chi connectivity index (χ2n) is 4.59. The molecule has 1 atom stereocenters. The Kier molecular flexibility index (Phi) is 5.18. The molecule has 1 rings (SSSR count). The van der Waals surface area contributed by atoms with E-state index in [-0.39, 0.29) is 12.5 Å². The Hall–Kier alpha value is -1.75. The van der Waals surface area contributed by atoms with E-state index in [9.17, 15) is 9.90 Å². The van der Waals surface area contributed by atoms with Crippen molar-refractivity contribution in [3.63, 3.8) is 0 Å². The fourth-order valence-electron chi connectivity index (χ4n) is 2.19. The zero-order valence-corrected chi connectivity index (χ0v) is 11.8. The molecule has 106 valence electrons. The minimum absolute atomic E-state index is 0.0234. The summed E-state index contributed by atoms with van der Waals surface area (Å²) in [5, 5.41) is 9.24. The van der Waals surface area contributed by atoms with E-state index in [1.807, 2.05) is 13.8 Å². The van der Waals surface area contributed by atoms with Gasteiger partial charge in [-0.05, 0) is 12.0 Å². The number of nitrogens with two attached hydrogens (primary N) is 1. The van der Waals surface area contributed by atoms with Crippen molar-refractivity contribution in [2.75, 3.05) is 20.8 Å². The molecule has 0 amide bonds. The molecule has 3 N–H and O–H groups in total. The highest BCUT2D eigenvalue weighted by atomic mass is 16.5. The van der Waals surface area contributed by atoms with Gasteiger partial charge in [0, 0.05) is 17.7 Å². The molecule has 0 radical (unpaired) electrons. The molecule has 0 saturated carbocycles. The van der Waals surface area contributed by atoms with E-state index in [4.69, 9.17) is 15.2 Å². The van der Waals surface area contributed by atoms with Crippen molar-refractivity contribution in [1.29, 1.82) is 0 Å². The van der Waals surface area contributed by atoms with Crippen LogP contribution in [0.25, 0.3) is 0 Å². The average Bonchev–Trinajstić information content (AvgIpc) is 2.38. The summed E-state index contributed by atoms with van der Waals surface area (Å²) in [6.07, 6.45) is 0. The summed E-state index contributed by atoms with van der Waals surface area (Å²) < 4.78 is 10.7. The number of benzene rings is 1. The van der Waals surface area contributed by atoms with Crippen LogP contribution in [0.3, 0.4) is 0 Å². The van der Waals surface area contributed by atoms with Gasteiger partial charge in [-0.3, -0.25) is 4.79 Å². The number of carboxylic acid groups (broad SMARTS) is 1. The molecule has 5 nitrogen and oxygen atoms in total. The molecular formula is C14H21NO4. The van der Waals surface area contributed by atoms with Gasteiger partial charge >= 0.3 is 5.97 Å². The van der Waals surface area contributed by atoms with Crippen LogP contribution in [0.2, 0.25) is 0 Å². The van der Waals surface area contributed by atoms with Gasteiger partial charge in [0.1, 0.15) is 11.5 Å². The van der Waals surface area contributed by atoms with Crippen molar-refractivity contribution in [3.05, 3.63) is 23.3 Å². The summed E-state index contributed by atoms with van der Waals surface area (Å²) in [6.45, 7) is 4.03. The highest BCUT2D eigenvalue weighted by Crippen LogP contribution is 2.40. The Morgan fingerprint density at radius 2 is 1.95 bits per heavy atom. The maximum absolute atomic E-state index is 11.3. The summed E-state index contributed by atoms with van der Waals surface area (Å²) >= 11 is 0. The molecule has 1 aromatic rings. The number of hydrogen-bond acceptors (Lipinski definition) is 4. The highest BCUT2D eigenvalue weighted by Gasteiger charge is 2.26. The van der Waals surface area contributed by atoms with Crippen LogP contribution in [-0.4, -0.2) is 31.8 Å². The molecule has 0 bridgehead atoms. The molecular weight excluding hydrogens is 246 g/mol. The fourth-order valence-corrected chi connectivity index (χ4v) is 2.19. The highest BCUT2D eigenvalue weighted by molar-refractivity contribution is 5.78. The summed E-state index contributed by atoms with van der Waals surface area (Å²) in [7, 11) is 3.11. The van der Waals surface area contributed by atoms with Gasteiger partial charge in [0.2, 0.25) is 0 Å². The third-order valence-corrected chi connectivity index (χ3v) is 3.10. The Bertz CT molecular complexity index is 457. The monoisotopic (exact) mass is 267 g/mol. The van der Waals surface area contributed by atoms with E-state index >= 15 is 0 Å². The Morgan fingerprint density at radius 1 is 1.32 bits per heavy atom. The first-order valence-electron chi connectivity index (χ1n) is 6.15. The summed E-state index contributed by atoms with van der Waals surface area (Å²) in [4.78, 5) is 11.3. The number of methoxy groups -OCH3 is 2. The molecule has 19 heavy (non-hydrogen) atoms. The van der Waals surface area contributed by atoms with Crippen LogP contribution in [0.1, 0.15) is 36.8 Å². The lowest BCUT2D eigenvalue weighted by atomic mass is 9.91. The molecule has 0 fully saturated rings. The van der Waals surface area contributed by atoms with Gasteiger partial charge in [-0.25, -0.2) is 0 Å². The van der Waals surface area contributed by atoms with E-state index in [1.54, 1.807) is 19.2 Å². The molecule has 0 saturated heterocycles. The van der Waals surface area contributed by atoms with Crippen molar-refractivity contribution in [3.8, 4) is 11.5 Å². The van der Waals surface area contributed by atoms with E-state index in [0.29, 0.717) is 17.1 Å². The predicted octanol–water partition coefficient (Wildman–Crippen LogP) is 1.95. The summed E-state index contributed by atoms with van der Waals surface area (Å²) in [6, 6.07) is 3.47. The lowest BCUT2D eigenvalue weighted by Gasteiger charge is -2.21. The smallest absolute Gasteiger partial charge is 0.312 e. The van der Waals surface area contributed by atoms with E-state index in [1.165, 1.54) is 7.11 Å². The van der Waals surface area contributed by atoms with Crippen LogP contribution in [0.15, 0.2) is 12.1 Å². The minimum atomic E-state index is -0.958. The third kappa shape index (κ3) is 2.98. The van der Waals surface area contributed by atoms with Gasteiger partial charge in [0.25, 0.3) is 0 Å². The molecule has 1 aromatic carbocycles. The lowest BCUT2D eigenvalue weighted by molar-refractivity contribution is -0.138. The number of ether oxygens (including phenoxy) is 2. The topological polar surface area (TPSA) is 81.8 Å². The first kappa shape index (κ1) is 15.3. The van der Waals surface area contributed by atoms with E-state index in [0.717, 1.165) is 5.56 Å². The normalized spacial score (nSPS) is 12.3. The predicted molar refractivity (Wildman–Crippen MR) is 73.1 cm³/mol. The van der Waals surface area contributed by atoms with Crippen LogP contribution < -0.4 is 15.2 Å². The van der Waals surface area contributed by atoms with Crippen LogP contribution in [0, 0.1) is 0 Å². The minimum Gasteiger partial charge on any atom is -0.496 e. The third-order valence-electron chi connectivity index (χ3n) is 3.10. The van der Waals surface area contributed by atoms with E-state index in [2.05, 4.69) is 0 Å². The standard InChI is InChI=1S/C14H21NO4/c1-8(2)12-11(18-3)6-5-9(13(12)19-4)10(7-15)14(16)17/h5-6,8,10H,7,15H2,1-4H3,(H,16,17). The first-order valence-corrected chi connectivity index (χ1v) is 6.15. The fraction of sp³-hybridized carbons (Fsp3) is 0.500. The van der Waals surface area contributed by atoms with Crippen molar-refractivity contribution in [2.24, 2.45) is 5.73 Å². The maximum atomic E-state index is 11.3. The largest absolute Gasteiger partial charge is 0.496 e. The maximum Gasteiger partial charge on any atom is 0.312 e. The average molecular weight is 267 g/mol. The van der Waals surface area contributed by atoms with Gasteiger partial charge < -0.3 is 20.3 Å². The van der Waals surface area contributed by atoms with Gasteiger partial charge in [-0.1, -0.05) is 19.9 Å². The molecule has 5 heteroatoms. The lowest BCUT2D eigenvalue weighted by Crippen LogP contribution is -2.22. The first-order chi connectivity index (χ1) is 8.97.